The zero-order valence-corrected chi connectivity index (χ0v) is 26.9. The summed E-state index contributed by atoms with van der Waals surface area (Å²) in [7, 11) is -1.01. The van der Waals surface area contributed by atoms with Crippen molar-refractivity contribution < 1.29 is 27.5 Å². The third-order valence-electron chi connectivity index (χ3n) is 7.66. The Kier molecular flexibility index (Phi) is 10.1. The van der Waals surface area contributed by atoms with Crippen molar-refractivity contribution >= 4 is 39.5 Å². The summed E-state index contributed by atoms with van der Waals surface area (Å²) < 4.78 is 40.2. The molecule has 0 bridgehead atoms. The number of carbonyl (C=O) groups is 2. The first-order valence-electron chi connectivity index (χ1n) is 14.4. The molecule has 2 aliphatic heterocycles. The van der Waals surface area contributed by atoms with Crippen molar-refractivity contribution in [1.29, 1.82) is 0 Å². The number of halogens is 1. The van der Waals surface area contributed by atoms with E-state index in [1.807, 2.05) is 23.1 Å². The van der Waals surface area contributed by atoms with E-state index < -0.39 is 27.5 Å². The number of carbonyl (C=O) groups excluding carboxylic acids is 2. The molecule has 3 amide bonds. The Labute approximate surface area is 272 Å². The number of urea groups is 1. The van der Waals surface area contributed by atoms with Crippen LogP contribution in [-0.2, 0) is 21.2 Å². The zero-order valence-electron chi connectivity index (χ0n) is 25.3. The number of benzene rings is 2. The van der Waals surface area contributed by atoms with Gasteiger partial charge in [-0.2, -0.15) is 4.99 Å². The Hall–Kier alpha value is -4.60. The molecule has 16 heteroatoms. The molecule has 0 saturated carbocycles. The molecule has 3 aromatic rings. The van der Waals surface area contributed by atoms with E-state index in [0.29, 0.717) is 37.0 Å². The minimum absolute atomic E-state index is 0.0319. The molecular formula is C30H35ClN8O6S. The molecule has 0 radical (unpaired) electrons. The van der Waals surface area contributed by atoms with Gasteiger partial charge in [-0.05, 0) is 42.3 Å². The summed E-state index contributed by atoms with van der Waals surface area (Å²) in [4.78, 5) is 39.5. The smallest absolute Gasteiger partial charge is 0.339 e. The third kappa shape index (κ3) is 7.43. The van der Waals surface area contributed by atoms with E-state index in [-0.39, 0.29) is 23.3 Å². The minimum atomic E-state index is -4.20. The number of nitrogens with two attached hydrogens (primary N) is 1. The lowest BCUT2D eigenvalue weighted by Gasteiger charge is -2.44. The van der Waals surface area contributed by atoms with Crippen molar-refractivity contribution in [2.45, 2.75) is 29.3 Å². The fourth-order valence-electron chi connectivity index (χ4n) is 5.40. The van der Waals surface area contributed by atoms with E-state index in [9.17, 15) is 18.0 Å². The summed E-state index contributed by atoms with van der Waals surface area (Å²) in [6, 6.07) is 12.0. The topological polar surface area (TPSA) is 165 Å². The Balaban J connectivity index is 1.35. The number of methoxy groups -OCH3 is 2. The van der Waals surface area contributed by atoms with Gasteiger partial charge >= 0.3 is 6.03 Å². The van der Waals surface area contributed by atoms with Gasteiger partial charge in [0.2, 0.25) is 11.9 Å². The largest absolute Gasteiger partial charge is 0.493 e. The predicted octanol–water partition coefficient (Wildman–Crippen LogP) is 2.03. The van der Waals surface area contributed by atoms with Crippen molar-refractivity contribution in [2.75, 3.05) is 40.4 Å². The van der Waals surface area contributed by atoms with Gasteiger partial charge in [0.05, 0.1) is 25.2 Å². The summed E-state index contributed by atoms with van der Waals surface area (Å²) in [5.41, 5.74) is 5.61. The highest BCUT2D eigenvalue weighted by atomic mass is 35.5. The second kappa shape index (κ2) is 14.2. The van der Waals surface area contributed by atoms with Gasteiger partial charge in [0.15, 0.2) is 11.5 Å². The quantitative estimate of drug-likeness (QED) is 0.243. The summed E-state index contributed by atoms with van der Waals surface area (Å²) in [5, 5.41) is 0. The molecule has 0 aliphatic carbocycles. The van der Waals surface area contributed by atoms with Gasteiger partial charge in [-0.15, -0.1) is 0 Å². The average Bonchev–Trinajstić information content (AvgIpc) is 3.58. The van der Waals surface area contributed by atoms with Crippen LogP contribution in [0.25, 0.3) is 0 Å². The molecule has 0 spiro atoms. The number of amides is 3. The number of aliphatic imine (C=N–C) groups is 1. The van der Waals surface area contributed by atoms with Crippen molar-refractivity contribution in [3.8, 4) is 11.5 Å². The summed E-state index contributed by atoms with van der Waals surface area (Å²) in [6.45, 7) is 2.40. The lowest BCUT2D eigenvalue weighted by molar-refractivity contribution is -0.119. The number of rotatable bonds is 10. The fraction of sp³-hybridized carbons (Fsp3) is 0.333. The van der Waals surface area contributed by atoms with Crippen LogP contribution in [0, 0.1) is 0 Å². The molecule has 244 valence electrons. The molecule has 46 heavy (non-hydrogen) atoms. The van der Waals surface area contributed by atoms with Crippen molar-refractivity contribution in [3.05, 3.63) is 84.7 Å². The summed E-state index contributed by atoms with van der Waals surface area (Å²) in [5.74, 6) is 1.29. The Morgan fingerprint density at radius 3 is 2.52 bits per heavy atom. The van der Waals surface area contributed by atoms with Gasteiger partial charge in [0.1, 0.15) is 17.6 Å². The van der Waals surface area contributed by atoms with Crippen LogP contribution in [0.2, 0.25) is 0 Å². The van der Waals surface area contributed by atoms with Gasteiger partial charge in [-0.25, -0.2) is 27.8 Å². The van der Waals surface area contributed by atoms with Gasteiger partial charge in [-0.1, -0.05) is 35.9 Å². The Morgan fingerprint density at radius 1 is 1.09 bits per heavy atom. The van der Waals surface area contributed by atoms with Crippen LogP contribution >= 0.6 is 11.6 Å². The zero-order chi connectivity index (χ0) is 32.8. The minimum Gasteiger partial charge on any atom is -0.493 e. The third-order valence-corrected chi connectivity index (χ3v) is 9.31. The SMILES string of the molecule is COc1ccc(CCN2CCN(C3=CC(Cl)N(C(=O)NS(=O)(=O)c4ccccc4)C(n4ccnc4)=N3)C(CC(N)=O)C2)cc1OC. The van der Waals surface area contributed by atoms with E-state index in [1.54, 1.807) is 44.7 Å². The molecule has 2 aromatic carbocycles. The molecule has 3 N–H and O–H groups in total. The number of nitrogens with one attached hydrogen (secondary N) is 1. The van der Waals surface area contributed by atoms with Crippen molar-refractivity contribution in [1.82, 2.24) is 29.0 Å². The molecule has 2 aliphatic rings. The average molecular weight is 671 g/mol. The second-order valence-electron chi connectivity index (χ2n) is 10.6. The number of aromatic nitrogens is 2. The van der Waals surface area contributed by atoms with Gasteiger partial charge in [0.25, 0.3) is 10.0 Å². The Morgan fingerprint density at radius 2 is 1.85 bits per heavy atom. The number of sulfonamides is 1. The number of hydrogen-bond acceptors (Lipinski definition) is 10. The van der Waals surface area contributed by atoms with Crippen LogP contribution in [0.15, 0.2) is 89.0 Å². The van der Waals surface area contributed by atoms with Crippen LogP contribution in [0.4, 0.5) is 4.79 Å². The van der Waals surface area contributed by atoms with Crippen LogP contribution < -0.4 is 19.9 Å². The molecule has 14 nitrogen and oxygen atoms in total. The highest BCUT2D eigenvalue weighted by Gasteiger charge is 2.37. The second-order valence-corrected chi connectivity index (χ2v) is 12.8. The lowest BCUT2D eigenvalue weighted by atomic mass is 10.1. The van der Waals surface area contributed by atoms with E-state index >= 15 is 0 Å². The van der Waals surface area contributed by atoms with E-state index in [4.69, 9.17) is 31.8 Å². The summed E-state index contributed by atoms with van der Waals surface area (Å²) in [6.07, 6.45) is 6.83. The number of nitrogens with zero attached hydrogens (tertiary/aromatic N) is 6. The molecular weight excluding hydrogens is 636 g/mol. The number of hydrogen-bond donors (Lipinski definition) is 2. The fourth-order valence-corrected chi connectivity index (χ4v) is 6.65. The molecule has 1 fully saturated rings. The molecule has 1 aromatic heterocycles. The predicted molar refractivity (Wildman–Crippen MR) is 171 cm³/mol. The maximum absolute atomic E-state index is 13.4. The van der Waals surface area contributed by atoms with Crippen LogP contribution in [-0.4, -0.2) is 103 Å². The number of piperazine rings is 1. The molecule has 2 unspecified atom stereocenters. The van der Waals surface area contributed by atoms with Crippen LogP contribution in [0.1, 0.15) is 12.0 Å². The Bertz CT molecular complexity index is 1720. The van der Waals surface area contributed by atoms with E-state index in [2.05, 4.69) is 14.6 Å². The monoisotopic (exact) mass is 670 g/mol. The van der Waals surface area contributed by atoms with Gasteiger partial charge < -0.3 is 20.1 Å². The number of alkyl halides is 1. The van der Waals surface area contributed by atoms with E-state index in [0.717, 1.165) is 23.4 Å². The standard InChI is InChI=1S/C30H35ClN8O6S/c1-44-24-9-8-21(16-25(24)45-2)10-12-36-14-15-38(22(19-36)17-27(32)40)28-18-26(31)39(29(34-28)37-13-11-33-20-37)30(41)35-46(42,43)23-6-4-3-5-7-23/h3-9,11,13,16,18,20,22,26H,10,12,14-15,17,19H2,1-2H3,(H2,32,40)(H,35,41). The molecule has 5 rings (SSSR count). The van der Waals surface area contributed by atoms with Gasteiger partial charge in [-0.3, -0.25) is 14.3 Å². The van der Waals surface area contributed by atoms with Crippen molar-refractivity contribution in [2.24, 2.45) is 10.7 Å². The number of ether oxygens (including phenoxy) is 2. The first kappa shape index (κ1) is 32.8. The molecule has 1 saturated heterocycles. The van der Waals surface area contributed by atoms with E-state index in [1.165, 1.54) is 29.2 Å². The maximum Gasteiger partial charge on any atom is 0.339 e. The lowest BCUT2D eigenvalue weighted by Crippen LogP contribution is -2.56. The van der Waals surface area contributed by atoms with Gasteiger partial charge in [0, 0.05) is 45.0 Å². The number of imidazole rings is 1. The number of primary amides is 1. The molecule has 3 heterocycles. The first-order valence-corrected chi connectivity index (χ1v) is 16.3. The highest BCUT2D eigenvalue weighted by Crippen LogP contribution is 2.29. The van der Waals surface area contributed by atoms with Crippen LogP contribution in [0.5, 0.6) is 11.5 Å². The van der Waals surface area contributed by atoms with Crippen molar-refractivity contribution in [3.63, 3.8) is 0 Å². The van der Waals surface area contributed by atoms with Crippen LogP contribution in [0.3, 0.4) is 0 Å². The maximum atomic E-state index is 13.4. The molecule has 2 atom stereocenters. The normalized spacial score (nSPS) is 18.8. The summed E-state index contributed by atoms with van der Waals surface area (Å²) >= 11 is 6.76. The first-order chi connectivity index (χ1) is 22.1. The highest BCUT2D eigenvalue weighted by molar-refractivity contribution is 7.90.